The highest BCUT2D eigenvalue weighted by Gasteiger charge is 2.23. The van der Waals surface area contributed by atoms with Gasteiger partial charge in [0.2, 0.25) is 0 Å². The molecule has 0 saturated carbocycles. The van der Waals surface area contributed by atoms with Gasteiger partial charge in [0.15, 0.2) is 5.82 Å². The van der Waals surface area contributed by atoms with Gasteiger partial charge < -0.3 is 9.88 Å². The Balaban J connectivity index is 0.00000147. The predicted octanol–water partition coefficient (Wildman–Crippen LogP) is 3.52. The van der Waals surface area contributed by atoms with Crippen molar-refractivity contribution < 1.29 is 10.6 Å². The molecular formula is C15H19FN2O. The molecule has 4 heteroatoms. The Hall–Kier alpha value is -1.84. The van der Waals surface area contributed by atoms with Gasteiger partial charge in [0.25, 0.3) is 5.91 Å². The van der Waals surface area contributed by atoms with E-state index in [1.807, 2.05) is 19.9 Å². The number of carbonyl (C=O) groups excluding carboxylic acids is 1. The Morgan fingerprint density at radius 1 is 1.42 bits per heavy atom. The number of hydrogen-bond donors (Lipinski definition) is 1. The third-order valence-corrected chi connectivity index (χ3v) is 3.76. The molecule has 1 aliphatic rings. The van der Waals surface area contributed by atoms with E-state index in [9.17, 15) is 9.18 Å². The van der Waals surface area contributed by atoms with Crippen LogP contribution in [0, 0.1) is 5.82 Å². The summed E-state index contributed by atoms with van der Waals surface area (Å²) in [7, 11) is 0. The van der Waals surface area contributed by atoms with Gasteiger partial charge in [-0.2, -0.15) is 0 Å². The van der Waals surface area contributed by atoms with Crippen LogP contribution in [0.1, 0.15) is 43.7 Å². The molecule has 1 aliphatic heterocycles. The maximum absolute atomic E-state index is 14.3. The van der Waals surface area contributed by atoms with Crippen molar-refractivity contribution in [2.45, 2.75) is 26.2 Å². The van der Waals surface area contributed by atoms with Crippen molar-refractivity contribution in [1.82, 2.24) is 9.88 Å². The molecule has 1 amide bonds. The standard InChI is InChI=1S/C15H17FN2O.H2/c1-9(2)11-5-4-10-8-12(17-14(10)13(11)16)15(19)18-6-3-7-18;/h4-5,8-9,17H,3,6-7H2,1-2H3;1H. The number of aromatic nitrogens is 1. The van der Waals surface area contributed by atoms with Gasteiger partial charge in [0, 0.05) is 19.9 Å². The van der Waals surface area contributed by atoms with Gasteiger partial charge in [0.05, 0.1) is 5.52 Å². The number of H-pyrrole nitrogens is 1. The van der Waals surface area contributed by atoms with E-state index in [4.69, 9.17) is 0 Å². The van der Waals surface area contributed by atoms with Crippen molar-refractivity contribution in [1.29, 1.82) is 0 Å². The summed E-state index contributed by atoms with van der Waals surface area (Å²) in [5.74, 6) is -0.148. The molecule has 3 rings (SSSR count). The molecule has 1 saturated heterocycles. The van der Waals surface area contributed by atoms with Crippen molar-refractivity contribution >= 4 is 16.8 Å². The number of hydrogen-bond acceptors (Lipinski definition) is 1. The number of fused-ring (bicyclic) bond motifs is 1. The van der Waals surface area contributed by atoms with Crippen LogP contribution in [0.3, 0.4) is 0 Å². The number of carbonyl (C=O) groups is 1. The molecule has 1 fully saturated rings. The quantitative estimate of drug-likeness (QED) is 0.883. The zero-order valence-corrected chi connectivity index (χ0v) is 11.2. The molecule has 1 aromatic carbocycles. The van der Waals surface area contributed by atoms with E-state index in [2.05, 4.69) is 4.98 Å². The van der Waals surface area contributed by atoms with Crippen LogP contribution in [0.15, 0.2) is 18.2 Å². The molecule has 1 aromatic heterocycles. The van der Waals surface area contributed by atoms with E-state index in [0.29, 0.717) is 16.8 Å². The highest BCUT2D eigenvalue weighted by atomic mass is 19.1. The number of nitrogens with one attached hydrogen (secondary N) is 1. The third kappa shape index (κ3) is 1.91. The number of nitrogens with zero attached hydrogens (tertiary/aromatic N) is 1. The van der Waals surface area contributed by atoms with Crippen LogP contribution in [0.2, 0.25) is 0 Å². The number of rotatable bonds is 2. The second kappa shape index (κ2) is 4.37. The monoisotopic (exact) mass is 262 g/mol. The molecule has 0 radical (unpaired) electrons. The van der Waals surface area contributed by atoms with E-state index in [1.165, 1.54) is 0 Å². The first-order chi connectivity index (χ1) is 9.08. The third-order valence-electron chi connectivity index (χ3n) is 3.76. The molecule has 19 heavy (non-hydrogen) atoms. The molecule has 0 atom stereocenters. The molecule has 0 aliphatic carbocycles. The van der Waals surface area contributed by atoms with Crippen molar-refractivity contribution in [3.8, 4) is 0 Å². The van der Waals surface area contributed by atoms with Crippen molar-refractivity contribution in [3.63, 3.8) is 0 Å². The van der Waals surface area contributed by atoms with Crippen LogP contribution in [0.4, 0.5) is 4.39 Å². The van der Waals surface area contributed by atoms with Gasteiger partial charge >= 0.3 is 0 Å². The zero-order chi connectivity index (χ0) is 13.6. The van der Waals surface area contributed by atoms with Gasteiger partial charge in [-0.1, -0.05) is 26.0 Å². The Kier molecular flexibility index (Phi) is 2.81. The van der Waals surface area contributed by atoms with Crippen LogP contribution in [-0.2, 0) is 0 Å². The fourth-order valence-electron chi connectivity index (χ4n) is 2.43. The van der Waals surface area contributed by atoms with E-state index >= 15 is 0 Å². The average molecular weight is 262 g/mol. The highest BCUT2D eigenvalue weighted by molar-refractivity contribution is 5.98. The lowest BCUT2D eigenvalue weighted by Crippen LogP contribution is -2.42. The van der Waals surface area contributed by atoms with Crippen LogP contribution in [0.25, 0.3) is 10.9 Å². The van der Waals surface area contributed by atoms with E-state index in [-0.39, 0.29) is 19.1 Å². The minimum absolute atomic E-state index is 0. The lowest BCUT2D eigenvalue weighted by molar-refractivity contribution is 0.0646. The first-order valence-corrected chi connectivity index (χ1v) is 6.68. The van der Waals surface area contributed by atoms with E-state index < -0.39 is 0 Å². The largest absolute Gasteiger partial charge is 0.348 e. The molecule has 2 aromatic rings. The Morgan fingerprint density at radius 3 is 2.74 bits per heavy atom. The topological polar surface area (TPSA) is 36.1 Å². The number of likely N-dealkylation sites (tertiary alicyclic amines) is 1. The molecule has 1 N–H and O–H groups in total. The molecule has 3 nitrogen and oxygen atoms in total. The number of amides is 1. The SMILES string of the molecule is CC(C)c1ccc2cc(C(=O)N3CCC3)[nH]c2c1F.[HH]. The summed E-state index contributed by atoms with van der Waals surface area (Å²) >= 11 is 0. The predicted molar refractivity (Wildman–Crippen MR) is 75.0 cm³/mol. The summed E-state index contributed by atoms with van der Waals surface area (Å²) in [5.41, 5.74) is 1.60. The van der Waals surface area contributed by atoms with Crippen LogP contribution >= 0.6 is 0 Å². The maximum atomic E-state index is 14.3. The van der Waals surface area contributed by atoms with Gasteiger partial charge in [-0.3, -0.25) is 4.79 Å². The summed E-state index contributed by atoms with van der Waals surface area (Å²) in [6.07, 6.45) is 1.05. The molecule has 2 heterocycles. The summed E-state index contributed by atoms with van der Waals surface area (Å²) < 4.78 is 14.3. The van der Waals surface area contributed by atoms with Crippen LogP contribution in [0.5, 0.6) is 0 Å². The lowest BCUT2D eigenvalue weighted by atomic mass is 10.0. The zero-order valence-electron chi connectivity index (χ0n) is 11.2. The summed E-state index contributed by atoms with van der Waals surface area (Å²) in [6, 6.07) is 5.41. The number of aromatic amines is 1. The maximum Gasteiger partial charge on any atom is 0.270 e. The fourth-order valence-corrected chi connectivity index (χ4v) is 2.43. The molecule has 0 spiro atoms. The second-order valence-corrected chi connectivity index (χ2v) is 5.42. The average Bonchev–Trinajstić information content (AvgIpc) is 2.71. The van der Waals surface area contributed by atoms with Crippen molar-refractivity contribution in [2.75, 3.05) is 13.1 Å². The smallest absolute Gasteiger partial charge is 0.270 e. The van der Waals surface area contributed by atoms with E-state index in [0.717, 1.165) is 24.9 Å². The summed E-state index contributed by atoms with van der Waals surface area (Å²) in [4.78, 5) is 16.8. The van der Waals surface area contributed by atoms with Crippen LogP contribution in [-0.4, -0.2) is 28.9 Å². The number of benzene rings is 1. The lowest BCUT2D eigenvalue weighted by Gasteiger charge is -2.30. The van der Waals surface area contributed by atoms with Crippen molar-refractivity contribution in [3.05, 3.63) is 35.3 Å². The Bertz CT molecular complexity index is 647. The number of halogens is 1. The van der Waals surface area contributed by atoms with Crippen LogP contribution < -0.4 is 0 Å². The van der Waals surface area contributed by atoms with Gasteiger partial charge in [0.1, 0.15) is 5.69 Å². The van der Waals surface area contributed by atoms with Gasteiger partial charge in [-0.25, -0.2) is 4.39 Å². The minimum atomic E-state index is -0.241. The normalized spacial score (nSPS) is 15.1. The molecular weight excluding hydrogens is 243 g/mol. The van der Waals surface area contributed by atoms with Gasteiger partial charge in [-0.05, 0) is 24.0 Å². The highest BCUT2D eigenvalue weighted by Crippen LogP contribution is 2.27. The first kappa shape index (κ1) is 12.2. The summed E-state index contributed by atoms with van der Waals surface area (Å²) in [6.45, 7) is 5.51. The molecule has 102 valence electrons. The molecule has 0 bridgehead atoms. The minimum Gasteiger partial charge on any atom is -0.348 e. The Morgan fingerprint density at radius 2 is 2.16 bits per heavy atom. The Labute approximate surface area is 112 Å². The first-order valence-electron chi connectivity index (χ1n) is 6.68. The second-order valence-electron chi connectivity index (χ2n) is 5.42. The van der Waals surface area contributed by atoms with E-state index in [1.54, 1.807) is 17.0 Å². The van der Waals surface area contributed by atoms with Crippen molar-refractivity contribution in [2.24, 2.45) is 0 Å². The summed E-state index contributed by atoms with van der Waals surface area (Å²) in [5, 5.41) is 0.755. The molecule has 0 unspecified atom stereocenters. The van der Waals surface area contributed by atoms with Gasteiger partial charge in [-0.15, -0.1) is 0 Å². The fraction of sp³-hybridized carbons (Fsp3) is 0.400.